The van der Waals surface area contributed by atoms with Crippen molar-refractivity contribution in [2.75, 3.05) is 31.1 Å². The third-order valence-corrected chi connectivity index (χ3v) is 3.99. The van der Waals surface area contributed by atoms with Crippen LogP contribution in [0, 0.1) is 6.92 Å². The molecule has 1 N–H and O–H groups in total. The molecule has 0 spiro atoms. The lowest BCUT2D eigenvalue weighted by molar-refractivity contribution is 0.164. The molecule has 0 bridgehead atoms. The Hall–Kier alpha value is -2.08. The SMILES string of the molecule is Cc1noc(C(C)N2CCN(c3ccccc3O)CC2)n1. The summed E-state index contributed by atoms with van der Waals surface area (Å²) in [7, 11) is 0. The standard InChI is InChI=1S/C15H20N4O2/c1-11(15-16-12(2)17-21-15)18-7-9-19(10-8-18)13-5-3-4-6-14(13)20/h3-6,11,20H,7-10H2,1-2H3. The van der Waals surface area contributed by atoms with Crippen LogP contribution in [-0.2, 0) is 0 Å². The van der Waals surface area contributed by atoms with Crippen LogP contribution in [0.2, 0.25) is 0 Å². The summed E-state index contributed by atoms with van der Waals surface area (Å²) in [4.78, 5) is 8.83. The van der Waals surface area contributed by atoms with E-state index in [1.165, 1.54) is 0 Å². The summed E-state index contributed by atoms with van der Waals surface area (Å²) in [5.74, 6) is 1.68. The summed E-state index contributed by atoms with van der Waals surface area (Å²) >= 11 is 0. The minimum absolute atomic E-state index is 0.123. The number of aryl methyl sites for hydroxylation is 1. The van der Waals surface area contributed by atoms with Gasteiger partial charge in [0.1, 0.15) is 5.75 Å². The molecule has 1 aromatic carbocycles. The third-order valence-electron chi connectivity index (χ3n) is 3.99. The zero-order chi connectivity index (χ0) is 14.8. The van der Waals surface area contributed by atoms with Crippen LogP contribution in [0.1, 0.15) is 24.7 Å². The zero-order valence-electron chi connectivity index (χ0n) is 12.4. The van der Waals surface area contributed by atoms with E-state index in [4.69, 9.17) is 4.52 Å². The van der Waals surface area contributed by atoms with Crippen molar-refractivity contribution in [1.82, 2.24) is 15.0 Å². The predicted octanol–water partition coefficient (Wildman–Crippen LogP) is 1.97. The highest BCUT2D eigenvalue weighted by Gasteiger charge is 2.26. The highest BCUT2D eigenvalue weighted by Crippen LogP contribution is 2.28. The number of benzene rings is 1. The van der Waals surface area contributed by atoms with E-state index in [1.54, 1.807) is 6.07 Å². The Labute approximate surface area is 124 Å². The number of nitrogens with zero attached hydrogens (tertiary/aromatic N) is 4. The summed E-state index contributed by atoms with van der Waals surface area (Å²) in [6.07, 6.45) is 0. The maximum atomic E-state index is 9.93. The minimum Gasteiger partial charge on any atom is -0.506 e. The lowest BCUT2D eigenvalue weighted by Gasteiger charge is -2.38. The number of hydrogen-bond acceptors (Lipinski definition) is 6. The van der Waals surface area contributed by atoms with Crippen molar-refractivity contribution >= 4 is 5.69 Å². The summed E-state index contributed by atoms with van der Waals surface area (Å²) in [5, 5.41) is 13.8. The number of para-hydroxylation sites is 2. The van der Waals surface area contributed by atoms with Crippen molar-refractivity contribution in [2.24, 2.45) is 0 Å². The topological polar surface area (TPSA) is 65.6 Å². The molecule has 21 heavy (non-hydrogen) atoms. The Kier molecular flexibility index (Phi) is 3.79. The van der Waals surface area contributed by atoms with Gasteiger partial charge in [0.2, 0.25) is 5.89 Å². The van der Waals surface area contributed by atoms with E-state index in [2.05, 4.69) is 26.9 Å². The van der Waals surface area contributed by atoms with Gasteiger partial charge < -0.3 is 14.5 Å². The predicted molar refractivity (Wildman–Crippen MR) is 79.3 cm³/mol. The van der Waals surface area contributed by atoms with E-state index in [1.807, 2.05) is 25.1 Å². The molecule has 1 atom stereocenters. The fourth-order valence-electron chi connectivity index (χ4n) is 2.72. The van der Waals surface area contributed by atoms with Crippen molar-refractivity contribution in [1.29, 1.82) is 0 Å². The first-order chi connectivity index (χ1) is 10.1. The van der Waals surface area contributed by atoms with Crippen LogP contribution in [0.3, 0.4) is 0 Å². The van der Waals surface area contributed by atoms with Gasteiger partial charge in [-0.3, -0.25) is 4.90 Å². The van der Waals surface area contributed by atoms with E-state index in [0.29, 0.717) is 17.5 Å². The molecule has 3 rings (SSSR count). The van der Waals surface area contributed by atoms with Crippen molar-refractivity contribution < 1.29 is 9.63 Å². The molecule has 1 unspecified atom stereocenters. The number of hydrogen-bond donors (Lipinski definition) is 1. The Balaban J connectivity index is 1.64. The molecular formula is C15H20N4O2. The highest BCUT2D eigenvalue weighted by molar-refractivity contribution is 5.57. The van der Waals surface area contributed by atoms with Crippen LogP contribution < -0.4 is 4.90 Å². The molecule has 0 radical (unpaired) electrons. The molecule has 0 aliphatic carbocycles. The summed E-state index contributed by atoms with van der Waals surface area (Å²) in [5.41, 5.74) is 0.901. The molecule has 0 saturated carbocycles. The average Bonchev–Trinajstić information content (AvgIpc) is 2.94. The van der Waals surface area contributed by atoms with E-state index in [9.17, 15) is 5.11 Å². The van der Waals surface area contributed by atoms with Crippen LogP contribution in [0.15, 0.2) is 28.8 Å². The third kappa shape index (κ3) is 2.85. The maximum Gasteiger partial charge on any atom is 0.243 e. The Morgan fingerprint density at radius 1 is 1.19 bits per heavy atom. The minimum atomic E-state index is 0.123. The Bertz CT molecular complexity index is 605. The van der Waals surface area contributed by atoms with Gasteiger partial charge in [-0.1, -0.05) is 17.3 Å². The largest absolute Gasteiger partial charge is 0.506 e. The number of phenolic OH excluding ortho intramolecular Hbond substituents is 1. The number of piperazine rings is 1. The van der Waals surface area contributed by atoms with E-state index in [0.717, 1.165) is 31.9 Å². The highest BCUT2D eigenvalue weighted by atomic mass is 16.5. The number of aromatic hydroxyl groups is 1. The van der Waals surface area contributed by atoms with Gasteiger partial charge in [-0.05, 0) is 26.0 Å². The molecule has 1 aromatic heterocycles. The molecule has 2 heterocycles. The quantitative estimate of drug-likeness (QED) is 0.931. The summed E-state index contributed by atoms with van der Waals surface area (Å²) < 4.78 is 5.25. The molecule has 1 aliphatic rings. The number of aromatic nitrogens is 2. The van der Waals surface area contributed by atoms with Crippen LogP contribution in [-0.4, -0.2) is 46.3 Å². The number of phenols is 1. The summed E-state index contributed by atoms with van der Waals surface area (Å²) in [6, 6.07) is 7.60. The number of rotatable bonds is 3. The first-order valence-corrected chi connectivity index (χ1v) is 7.22. The van der Waals surface area contributed by atoms with Crippen LogP contribution >= 0.6 is 0 Å². The second-order valence-corrected chi connectivity index (χ2v) is 5.37. The van der Waals surface area contributed by atoms with E-state index < -0.39 is 0 Å². The van der Waals surface area contributed by atoms with Crippen molar-refractivity contribution in [3.05, 3.63) is 36.0 Å². The Morgan fingerprint density at radius 2 is 1.90 bits per heavy atom. The average molecular weight is 288 g/mol. The molecule has 6 nitrogen and oxygen atoms in total. The molecular weight excluding hydrogens is 268 g/mol. The van der Waals surface area contributed by atoms with Crippen LogP contribution in [0.4, 0.5) is 5.69 Å². The molecule has 112 valence electrons. The van der Waals surface area contributed by atoms with E-state index >= 15 is 0 Å². The zero-order valence-corrected chi connectivity index (χ0v) is 12.4. The van der Waals surface area contributed by atoms with Gasteiger partial charge >= 0.3 is 0 Å². The van der Waals surface area contributed by atoms with Gasteiger partial charge in [0.25, 0.3) is 0 Å². The first-order valence-electron chi connectivity index (χ1n) is 7.22. The van der Waals surface area contributed by atoms with Crippen LogP contribution in [0.5, 0.6) is 5.75 Å². The van der Waals surface area contributed by atoms with E-state index in [-0.39, 0.29) is 6.04 Å². The lowest BCUT2D eigenvalue weighted by atomic mass is 10.2. The van der Waals surface area contributed by atoms with Crippen molar-refractivity contribution in [3.63, 3.8) is 0 Å². The van der Waals surface area contributed by atoms with Crippen LogP contribution in [0.25, 0.3) is 0 Å². The normalized spacial score (nSPS) is 17.9. The van der Waals surface area contributed by atoms with Crippen molar-refractivity contribution in [3.8, 4) is 5.75 Å². The van der Waals surface area contributed by atoms with Gasteiger partial charge in [0.15, 0.2) is 5.82 Å². The molecule has 6 heteroatoms. The van der Waals surface area contributed by atoms with Gasteiger partial charge in [-0.25, -0.2) is 0 Å². The molecule has 1 aliphatic heterocycles. The van der Waals surface area contributed by atoms with Gasteiger partial charge in [-0.15, -0.1) is 0 Å². The fourth-order valence-corrected chi connectivity index (χ4v) is 2.72. The fraction of sp³-hybridized carbons (Fsp3) is 0.467. The second kappa shape index (κ2) is 5.73. The van der Waals surface area contributed by atoms with Gasteiger partial charge in [0.05, 0.1) is 11.7 Å². The summed E-state index contributed by atoms with van der Waals surface area (Å²) in [6.45, 7) is 7.45. The van der Waals surface area contributed by atoms with Gasteiger partial charge in [-0.2, -0.15) is 4.98 Å². The first kappa shape index (κ1) is 13.9. The molecule has 1 saturated heterocycles. The second-order valence-electron chi connectivity index (χ2n) is 5.37. The van der Waals surface area contributed by atoms with Gasteiger partial charge in [0, 0.05) is 26.2 Å². The van der Waals surface area contributed by atoms with Crippen molar-refractivity contribution in [2.45, 2.75) is 19.9 Å². The molecule has 0 amide bonds. The Morgan fingerprint density at radius 3 is 2.52 bits per heavy atom. The smallest absolute Gasteiger partial charge is 0.243 e. The lowest BCUT2D eigenvalue weighted by Crippen LogP contribution is -2.47. The maximum absolute atomic E-state index is 9.93. The number of anilines is 1. The molecule has 2 aromatic rings. The monoisotopic (exact) mass is 288 g/mol. The molecule has 1 fully saturated rings.